The number of carbonyl (C=O) groups is 6. The fourth-order valence-electron chi connectivity index (χ4n) is 8.79. The van der Waals surface area contributed by atoms with Gasteiger partial charge in [-0.2, -0.15) is 0 Å². The van der Waals surface area contributed by atoms with E-state index in [9.17, 15) is 33.9 Å². The van der Waals surface area contributed by atoms with Crippen LogP contribution >= 0.6 is 0 Å². The zero-order chi connectivity index (χ0) is 37.4. The molecule has 0 radical (unpaired) electrons. The predicted octanol–water partition coefficient (Wildman–Crippen LogP) is 1.13. The molecule has 4 rings (SSSR count). The molecule has 0 aromatic rings. The monoisotopic (exact) mass is 718 g/mol. The Morgan fingerprint density at radius 2 is 1.55 bits per heavy atom. The van der Waals surface area contributed by atoms with E-state index in [4.69, 9.17) is 10.5 Å². The largest absolute Gasteiger partial charge is 0.460 e. The molecule has 288 valence electrons. The number of carbonyl (C=O) groups excluding carboxylic acids is 6. The van der Waals surface area contributed by atoms with Crippen LogP contribution in [-0.4, -0.2) is 102 Å². The van der Waals surface area contributed by atoms with Gasteiger partial charge in [-0.15, -0.1) is 0 Å². The number of aliphatic hydroxyl groups excluding tert-OH is 1. The summed E-state index contributed by atoms with van der Waals surface area (Å²) in [6, 6.07) is -4.66. The van der Waals surface area contributed by atoms with Crippen LogP contribution in [-0.2, 0) is 33.5 Å². The lowest BCUT2D eigenvalue weighted by Crippen LogP contribution is -2.62. The lowest BCUT2D eigenvalue weighted by molar-refractivity contribution is -0.158. The van der Waals surface area contributed by atoms with E-state index in [-0.39, 0.29) is 24.3 Å². The van der Waals surface area contributed by atoms with Gasteiger partial charge >= 0.3 is 5.97 Å². The lowest BCUT2D eigenvalue weighted by atomic mass is 9.83. The van der Waals surface area contributed by atoms with Gasteiger partial charge in [-0.3, -0.25) is 28.8 Å². The van der Waals surface area contributed by atoms with Gasteiger partial charge in [0.1, 0.15) is 36.8 Å². The maximum Gasteiger partial charge on any atom is 0.325 e. The average molecular weight is 719 g/mol. The van der Waals surface area contributed by atoms with E-state index in [1.165, 1.54) is 31.1 Å². The molecule has 14 nitrogen and oxygen atoms in total. The van der Waals surface area contributed by atoms with Gasteiger partial charge in [-0.05, 0) is 87.9 Å². The standard InChI is InChI=1S/C37H62N6O8/c1-20(2)15-28-34(47)42-32(24-9-7-6-8-10-24)36(49)40-27(18-38)33(46)41-31(22(4)44)35(48)39-19-30(45)51-29(21(3)37(50)43(28)5)14-13-26-17-23-11-12-25(26)16-23/h20-29,31-32,44H,6-19,38H2,1-5H3,(H,39,48)(H,40,49)(H,41,46)(H,42,47)/t21-,22?,23?,25?,26?,27+,28+,29-,31+,32+/m1/s1. The minimum atomic E-state index is -1.47. The number of nitrogens with zero attached hydrogens (tertiary/aromatic N) is 1. The summed E-state index contributed by atoms with van der Waals surface area (Å²) in [4.78, 5) is 83.4. The molecule has 4 aliphatic rings. The zero-order valence-corrected chi connectivity index (χ0v) is 31.2. The average Bonchev–Trinajstić information content (AvgIpc) is 3.74. The molecule has 0 aromatic carbocycles. The number of rotatable bonds is 8. The highest BCUT2D eigenvalue weighted by molar-refractivity contribution is 5.96. The molecule has 10 atom stereocenters. The molecule has 5 amide bonds. The van der Waals surface area contributed by atoms with E-state index in [1.54, 1.807) is 14.0 Å². The lowest BCUT2D eigenvalue weighted by Gasteiger charge is -2.36. The predicted molar refractivity (Wildman–Crippen MR) is 189 cm³/mol. The van der Waals surface area contributed by atoms with Gasteiger partial charge in [0, 0.05) is 13.6 Å². The van der Waals surface area contributed by atoms with Crippen LogP contribution in [0.4, 0.5) is 0 Å². The molecule has 0 aromatic heterocycles. The normalized spacial score (nSPS) is 34.5. The van der Waals surface area contributed by atoms with Crippen LogP contribution in [0.2, 0.25) is 0 Å². The van der Waals surface area contributed by atoms with Gasteiger partial charge in [0.2, 0.25) is 29.5 Å². The summed E-state index contributed by atoms with van der Waals surface area (Å²) in [6.45, 7) is 6.04. The van der Waals surface area contributed by atoms with Crippen LogP contribution in [0.5, 0.6) is 0 Å². The Labute approximate surface area is 302 Å². The van der Waals surface area contributed by atoms with Crippen LogP contribution in [0.3, 0.4) is 0 Å². The Morgan fingerprint density at radius 1 is 0.843 bits per heavy atom. The van der Waals surface area contributed by atoms with Crippen LogP contribution in [0, 0.1) is 35.5 Å². The third kappa shape index (κ3) is 10.6. The van der Waals surface area contributed by atoms with Gasteiger partial charge in [0.25, 0.3) is 0 Å². The summed E-state index contributed by atoms with van der Waals surface area (Å²) >= 11 is 0. The van der Waals surface area contributed by atoms with Gasteiger partial charge in [-0.25, -0.2) is 0 Å². The third-order valence-corrected chi connectivity index (χ3v) is 11.8. The summed E-state index contributed by atoms with van der Waals surface area (Å²) in [6.07, 6.45) is 8.35. The van der Waals surface area contributed by atoms with E-state index in [0.29, 0.717) is 37.5 Å². The summed E-state index contributed by atoms with van der Waals surface area (Å²) in [5, 5.41) is 20.9. The van der Waals surface area contributed by atoms with Gasteiger partial charge in [0.15, 0.2) is 0 Å². The van der Waals surface area contributed by atoms with Crippen molar-refractivity contribution >= 4 is 35.5 Å². The number of hydrogen-bond donors (Lipinski definition) is 6. The quantitative estimate of drug-likeness (QED) is 0.199. The molecular formula is C37H62N6O8. The molecule has 1 saturated heterocycles. The highest BCUT2D eigenvalue weighted by Gasteiger charge is 2.42. The second-order valence-corrected chi connectivity index (χ2v) is 16.0. The number of nitrogens with one attached hydrogen (secondary N) is 4. The van der Waals surface area contributed by atoms with E-state index in [0.717, 1.165) is 38.0 Å². The number of ether oxygens (including phenoxy) is 1. The van der Waals surface area contributed by atoms with Gasteiger partial charge in [0.05, 0.1) is 12.0 Å². The minimum absolute atomic E-state index is 0.0251. The fourth-order valence-corrected chi connectivity index (χ4v) is 8.79. The molecule has 4 fully saturated rings. The van der Waals surface area contributed by atoms with Crippen molar-refractivity contribution in [1.82, 2.24) is 26.2 Å². The van der Waals surface area contributed by atoms with Crippen molar-refractivity contribution < 1.29 is 38.6 Å². The van der Waals surface area contributed by atoms with Crippen molar-refractivity contribution in [2.75, 3.05) is 20.1 Å². The van der Waals surface area contributed by atoms with Crippen LogP contribution in [0.15, 0.2) is 0 Å². The van der Waals surface area contributed by atoms with Crippen molar-refractivity contribution in [2.45, 2.75) is 141 Å². The van der Waals surface area contributed by atoms with Crippen LogP contribution in [0.1, 0.15) is 105 Å². The van der Waals surface area contributed by atoms with Crippen molar-refractivity contribution in [3.05, 3.63) is 0 Å². The fraction of sp³-hybridized carbons (Fsp3) is 0.838. The number of likely N-dealkylation sites (N-methyl/N-ethyl adjacent to an activating group) is 1. The van der Waals surface area contributed by atoms with Crippen molar-refractivity contribution in [3.8, 4) is 0 Å². The molecule has 2 bridgehead atoms. The van der Waals surface area contributed by atoms with E-state index in [2.05, 4.69) is 21.3 Å². The first-order valence-corrected chi connectivity index (χ1v) is 19.2. The van der Waals surface area contributed by atoms with Gasteiger partial charge in [-0.1, -0.05) is 46.5 Å². The molecular weight excluding hydrogens is 656 g/mol. The first kappa shape index (κ1) is 40.5. The Kier molecular flexibility index (Phi) is 14.7. The topological polar surface area (TPSA) is 209 Å². The molecule has 4 unspecified atom stereocenters. The number of fused-ring (bicyclic) bond motifs is 2. The Morgan fingerprint density at radius 3 is 2.14 bits per heavy atom. The van der Waals surface area contributed by atoms with Gasteiger partial charge < -0.3 is 41.7 Å². The highest BCUT2D eigenvalue weighted by Crippen LogP contribution is 2.50. The van der Waals surface area contributed by atoms with Crippen LogP contribution in [0.25, 0.3) is 0 Å². The summed E-state index contributed by atoms with van der Waals surface area (Å²) in [7, 11) is 1.57. The molecule has 1 aliphatic heterocycles. The van der Waals surface area contributed by atoms with E-state index < -0.39 is 78.4 Å². The molecule has 7 N–H and O–H groups in total. The number of cyclic esters (lactones) is 1. The smallest absolute Gasteiger partial charge is 0.325 e. The SMILES string of the molecule is CC(C)C[C@H]1C(=O)N[C@@H](C2CCCCC2)C(=O)N[C@@H](CN)C(=O)N[C@@H](C(C)O)C(=O)NCC(=O)O[C@H](CCC2CC3CCC2C3)[C@@H](C)C(=O)N1C. The molecule has 0 spiro atoms. The number of nitrogens with two attached hydrogens (primary N) is 1. The summed E-state index contributed by atoms with van der Waals surface area (Å²) in [5.74, 6) is -2.96. The van der Waals surface area contributed by atoms with Crippen molar-refractivity contribution in [1.29, 1.82) is 0 Å². The second kappa shape index (κ2) is 18.5. The number of esters is 1. The molecule has 1 heterocycles. The first-order chi connectivity index (χ1) is 24.2. The maximum atomic E-state index is 14.2. The number of amides is 5. The molecule has 3 saturated carbocycles. The Balaban J connectivity index is 1.66. The van der Waals surface area contributed by atoms with Crippen LogP contribution < -0.4 is 27.0 Å². The second-order valence-electron chi connectivity index (χ2n) is 16.0. The zero-order valence-electron chi connectivity index (χ0n) is 31.2. The number of hydrogen-bond acceptors (Lipinski definition) is 9. The maximum absolute atomic E-state index is 14.2. The third-order valence-electron chi connectivity index (χ3n) is 11.8. The summed E-state index contributed by atoms with van der Waals surface area (Å²) < 4.78 is 5.92. The molecule has 51 heavy (non-hydrogen) atoms. The minimum Gasteiger partial charge on any atom is -0.460 e. The van der Waals surface area contributed by atoms with E-state index in [1.807, 2.05) is 13.8 Å². The molecule has 3 aliphatic carbocycles. The first-order valence-electron chi connectivity index (χ1n) is 19.2. The summed E-state index contributed by atoms with van der Waals surface area (Å²) in [5.41, 5.74) is 5.91. The van der Waals surface area contributed by atoms with Crippen molar-refractivity contribution in [2.24, 2.45) is 41.2 Å². The highest BCUT2D eigenvalue weighted by atomic mass is 16.5. The molecule has 14 heteroatoms. The Bertz CT molecular complexity index is 1260. The van der Waals surface area contributed by atoms with E-state index >= 15 is 0 Å². The Hall–Kier alpha value is -3.26. The number of aliphatic hydroxyl groups is 1. The van der Waals surface area contributed by atoms with Crippen molar-refractivity contribution in [3.63, 3.8) is 0 Å².